The van der Waals surface area contributed by atoms with Gasteiger partial charge in [-0.2, -0.15) is 0 Å². The number of thioether (sulfide) groups is 1. The van der Waals surface area contributed by atoms with Gasteiger partial charge in [-0.15, -0.1) is 11.8 Å². The van der Waals surface area contributed by atoms with Crippen molar-refractivity contribution in [1.82, 2.24) is 15.1 Å². The van der Waals surface area contributed by atoms with Crippen molar-refractivity contribution in [2.24, 2.45) is 0 Å². The Balaban J connectivity index is 1.47. The molecule has 0 bridgehead atoms. The molecule has 1 unspecified atom stereocenters. The minimum atomic E-state index is -0.0266. The Morgan fingerprint density at radius 1 is 1.22 bits per heavy atom. The minimum Gasteiger partial charge on any atom is -0.353 e. The van der Waals surface area contributed by atoms with Gasteiger partial charge in [0.25, 0.3) is 0 Å². The van der Waals surface area contributed by atoms with Crippen LogP contribution in [0.5, 0.6) is 0 Å². The van der Waals surface area contributed by atoms with Crippen LogP contribution in [0.15, 0.2) is 35.2 Å². The molecule has 0 aromatic heterocycles. The van der Waals surface area contributed by atoms with Gasteiger partial charge in [0, 0.05) is 42.4 Å². The summed E-state index contributed by atoms with van der Waals surface area (Å²) >= 11 is 1.91. The molecule has 2 aliphatic rings. The molecule has 23 heavy (non-hydrogen) atoms. The molecule has 4 nitrogen and oxygen atoms in total. The third-order valence-corrected chi connectivity index (χ3v) is 6.43. The Kier molecular flexibility index (Phi) is 5.29. The van der Waals surface area contributed by atoms with Crippen LogP contribution in [0.1, 0.15) is 19.8 Å². The third-order valence-electron chi connectivity index (χ3n) is 4.94. The number of hydrogen-bond donors (Lipinski definition) is 1. The van der Waals surface area contributed by atoms with Gasteiger partial charge in [0.1, 0.15) is 0 Å². The van der Waals surface area contributed by atoms with Crippen molar-refractivity contribution in [3.63, 3.8) is 0 Å². The number of carbonyl (C=O) groups is 1. The molecule has 1 aromatic carbocycles. The van der Waals surface area contributed by atoms with Crippen molar-refractivity contribution in [3.8, 4) is 0 Å². The van der Waals surface area contributed by atoms with E-state index < -0.39 is 0 Å². The summed E-state index contributed by atoms with van der Waals surface area (Å²) in [5.41, 5.74) is 0. The summed E-state index contributed by atoms with van der Waals surface area (Å²) < 4.78 is 0.221. The summed E-state index contributed by atoms with van der Waals surface area (Å²) in [6.07, 6.45) is 2.38. The van der Waals surface area contributed by atoms with Gasteiger partial charge in [-0.25, -0.2) is 0 Å². The van der Waals surface area contributed by atoms with Gasteiger partial charge in [-0.3, -0.25) is 9.69 Å². The van der Waals surface area contributed by atoms with E-state index in [0.29, 0.717) is 0 Å². The molecule has 0 radical (unpaired) electrons. The Labute approximate surface area is 143 Å². The van der Waals surface area contributed by atoms with Crippen molar-refractivity contribution in [3.05, 3.63) is 30.3 Å². The van der Waals surface area contributed by atoms with Crippen molar-refractivity contribution in [1.29, 1.82) is 0 Å². The highest BCUT2D eigenvalue weighted by Gasteiger charge is 2.44. The molecule has 1 amide bonds. The van der Waals surface area contributed by atoms with E-state index in [0.717, 1.165) is 32.7 Å². The summed E-state index contributed by atoms with van der Waals surface area (Å²) in [5, 5.41) is 3.20. The van der Waals surface area contributed by atoms with Crippen molar-refractivity contribution in [2.45, 2.75) is 35.4 Å². The number of benzene rings is 1. The lowest BCUT2D eigenvalue weighted by Crippen LogP contribution is -2.53. The largest absolute Gasteiger partial charge is 0.353 e. The smallest absolute Gasteiger partial charge is 0.237 e. The highest BCUT2D eigenvalue weighted by Crippen LogP contribution is 2.51. The van der Waals surface area contributed by atoms with Gasteiger partial charge in [0.15, 0.2) is 0 Å². The molecule has 0 spiro atoms. The number of likely N-dealkylation sites (N-methyl/N-ethyl adjacent to an activating group) is 1. The summed E-state index contributed by atoms with van der Waals surface area (Å²) in [6, 6.07) is 10.5. The second-order valence-corrected chi connectivity index (χ2v) is 8.37. The first-order valence-electron chi connectivity index (χ1n) is 8.52. The Hall–Kier alpha value is -1.04. The Morgan fingerprint density at radius 3 is 2.48 bits per heavy atom. The van der Waals surface area contributed by atoms with Crippen LogP contribution in [0, 0.1) is 0 Å². The quantitative estimate of drug-likeness (QED) is 0.864. The number of carbonyl (C=O) groups excluding carboxylic acids is 1. The monoisotopic (exact) mass is 333 g/mol. The summed E-state index contributed by atoms with van der Waals surface area (Å²) in [5.74, 6) is 0.175. The predicted molar refractivity (Wildman–Crippen MR) is 95.8 cm³/mol. The van der Waals surface area contributed by atoms with E-state index in [1.54, 1.807) is 0 Å². The number of hydrogen-bond acceptors (Lipinski definition) is 4. The van der Waals surface area contributed by atoms with E-state index in [1.807, 2.05) is 24.8 Å². The van der Waals surface area contributed by atoms with Gasteiger partial charge in [-0.05, 0) is 38.9 Å². The van der Waals surface area contributed by atoms with Gasteiger partial charge >= 0.3 is 0 Å². The molecule has 3 rings (SSSR count). The summed E-state index contributed by atoms with van der Waals surface area (Å²) in [6.45, 7) is 6.87. The van der Waals surface area contributed by atoms with Crippen LogP contribution in [0.3, 0.4) is 0 Å². The first-order valence-corrected chi connectivity index (χ1v) is 9.34. The van der Waals surface area contributed by atoms with Crippen molar-refractivity contribution < 1.29 is 4.79 Å². The fraction of sp³-hybridized carbons (Fsp3) is 0.611. The van der Waals surface area contributed by atoms with Crippen molar-refractivity contribution >= 4 is 17.7 Å². The molecule has 1 N–H and O–H groups in total. The lowest BCUT2D eigenvalue weighted by molar-refractivity contribution is -0.126. The maximum absolute atomic E-state index is 12.5. The molecular weight excluding hydrogens is 306 g/mol. The molecule has 1 atom stereocenters. The van der Waals surface area contributed by atoms with Crippen LogP contribution in [-0.4, -0.2) is 66.3 Å². The Morgan fingerprint density at radius 2 is 1.87 bits per heavy atom. The highest BCUT2D eigenvalue weighted by molar-refractivity contribution is 8.01. The average molecular weight is 334 g/mol. The summed E-state index contributed by atoms with van der Waals surface area (Å²) in [7, 11) is 2.14. The summed E-state index contributed by atoms with van der Waals surface area (Å²) in [4.78, 5) is 18.4. The third kappa shape index (κ3) is 4.49. The zero-order valence-electron chi connectivity index (χ0n) is 14.1. The van der Waals surface area contributed by atoms with E-state index in [1.165, 1.54) is 17.7 Å². The molecule has 5 heteroatoms. The topological polar surface area (TPSA) is 35.6 Å². The fourth-order valence-electron chi connectivity index (χ4n) is 2.96. The zero-order chi connectivity index (χ0) is 16.3. The van der Waals surface area contributed by atoms with E-state index in [2.05, 4.69) is 46.4 Å². The Bertz CT molecular complexity index is 524. The average Bonchev–Trinajstić information content (AvgIpc) is 3.33. The maximum atomic E-state index is 12.5. The molecule has 1 saturated carbocycles. The van der Waals surface area contributed by atoms with Crippen LogP contribution >= 0.6 is 11.8 Å². The molecule has 1 aromatic rings. The highest BCUT2D eigenvalue weighted by atomic mass is 32.2. The molecule has 1 heterocycles. The molecular formula is C18H27N3OS. The number of rotatable bonds is 6. The lowest BCUT2D eigenvalue weighted by atomic mass is 10.2. The number of nitrogens with zero attached hydrogens (tertiary/aromatic N) is 2. The van der Waals surface area contributed by atoms with Crippen LogP contribution < -0.4 is 5.32 Å². The molecule has 1 aliphatic heterocycles. The van der Waals surface area contributed by atoms with Crippen LogP contribution in [0.2, 0.25) is 0 Å². The first-order chi connectivity index (χ1) is 11.1. The number of nitrogens with one attached hydrogen (secondary N) is 1. The lowest BCUT2D eigenvalue weighted by Gasteiger charge is -2.35. The van der Waals surface area contributed by atoms with Crippen LogP contribution in [-0.2, 0) is 4.79 Å². The number of amides is 1. The molecule has 2 fully saturated rings. The van der Waals surface area contributed by atoms with Crippen LogP contribution in [0.4, 0.5) is 0 Å². The van der Waals surface area contributed by atoms with Crippen LogP contribution in [0.25, 0.3) is 0 Å². The van der Waals surface area contributed by atoms with E-state index >= 15 is 0 Å². The normalized spacial score (nSPS) is 22.5. The van der Waals surface area contributed by atoms with Gasteiger partial charge in [0.2, 0.25) is 5.91 Å². The number of piperazine rings is 1. The second-order valence-electron chi connectivity index (χ2n) is 6.83. The zero-order valence-corrected chi connectivity index (χ0v) is 14.9. The first kappa shape index (κ1) is 16.8. The van der Waals surface area contributed by atoms with E-state index in [9.17, 15) is 4.79 Å². The predicted octanol–water partition coefficient (Wildman–Crippen LogP) is 2.06. The molecule has 1 aliphatic carbocycles. The maximum Gasteiger partial charge on any atom is 0.237 e. The van der Waals surface area contributed by atoms with Gasteiger partial charge < -0.3 is 10.2 Å². The molecule has 126 valence electrons. The van der Waals surface area contributed by atoms with E-state index in [-0.39, 0.29) is 16.7 Å². The minimum absolute atomic E-state index is 0.0266. The second kappa shape index (κ2) is 7.24. The standard InChI is InChI=1S/C18H27N3OS/c1-15(21-12-10-20(2)11-13-21)17(22)19-14-18(8-9-18)23-16-6-4-3-5-7-16/h3-7,15H,8-14H2,1-2H3,(H,19,22). The fourth-order valence-corrected chi connectivity index (χ4v) is 4.21. The van der Waals surface area contributed by atoms with Gasteiger partial charge in [-0.1, -0.05) is 18.2 Å². The van der Waals surface area contributed by atoms with Gasteiger partial charge in [0.05, 0.1) is 6.04 Å². The van der Waals surface area contributed by atoms with E-state index in [4.69, 9.17) is 0 Å². The SMILES string of the molecule is CC(C(=O)NCC1(Sc2ccccc2)CC1)N1CCN(C)CC1. The molecule has 1 saturated heterocycles. The van der Waals surface area contributed by atoms with Crippen molar-refractivity contribution in [2.75, 3.05) is 39.8 Å².